The Balaban J connectivity index is 2.56. The smallest absolute Gasteiger partial charge is 0.0966 e. The highest BCUT2D eigenvalue weighted by molar-refractivity contribution is 7.99. The molecule has 0 aliphatic carbocycles. The molecule has 1 unspecified atom stereocenters. The van der Waals surface area contributed by atoms with Gasteiger partial charge in [0.2, 0.25) is 0 Å². The van der Waals surface area contributed by atoms with E-state index in [1.54, 1.807) is 4.80 Å². The molecule has 1 heterocycles. The molecule has 0 fully saturated rings. The zero-order chi connectivity index (χ0) is 12.0. The van der Waals surface area contributed by atoms with Crippen molar-refractivity contribution in [3.8, 4) is 0 Å². The second kappa shape index (κ2) is 7.22. The Labute approximate surface area is 107 Å². The van der Waals surface area contributed by atoms with Crippen LogP contribution in [0, 0.1) is 0 Å². The van der Waals surface area contributed by atoms with Gasteiger partial charge in [-0.3, -0.25) is 0 Å². The Morgan fingerprint density at radius 2 is 1.81 bits per heavy atom. The number of rotatable bonds is 7. The van der Waals surface area contributed by atoms with Gasteiger partial charge in [0.1, 0.15) is 0 Å². The lowest BCUT2D eigenvalue weighted by atomic mass is 10.4. The van der Waals surface area contributed by atoms with Crippen LogP contribution >= 0.6 is 23.5 Å². The standard InChI is InChI=1S/C11H21N3S2/c1-5-9(3)16-8-11-10(7-15-6-2)12-14(4)13-11/h9H,5-8H2,1-4H3. The molecule has 0 bridgehead atoms. The molecule has 1 aromatic heterocycles. The third-order valence-corrected chi connectivity index (χ3v) is 4.61. The number of hydrogen-bond donors (Lipinski definition) is 0. The molecule has 0 saturated heterocycles. The normalized spacial score (nSPS) is 13.0. The maximum absolute atomic E-state index is 4.44. The van der Waals surface area contributed by atoms with Crippen LogP contribution in [0.4, 0.5) is 0 Å². The predicted molar refractivity (Wildman–Crippen MR) is 73.9 cm³/mol. The zero-order valence-corrected chi connectivity index (χ0v) is 12.2. The molecule has 0 aliphatic rings. The van der Waals surface area contributed by atoms with Crippen molar-refractivity contribution in [2.75, 3.05) is 5.75 Å². The fourth-order valence-electron chi connectivity index (χ4n) is 1.25. The molecule has 0 amide bonds. The molecular weight excluding hydrogens is 238 g/mol. The van der Waals surface area contributed by atoms with Crippen molar-refractivity contribution in [3.63, 3.8) is 0 Å². The van der Waals surface area contributed by atoms with Crippen LogP contribution in [0.2, 0.25) is 0 Å². The number of nitrogens with zero attached hydrogens (tertiary/aromatic N) is 3. The summed E-state index contributed by atoms with van der Waals surface area (Å²) in [5.41, 5.74) is 2.32. The van der Waals surface area contributed by atoms with E-state index in [4.69, 9.17) is 0 Å². The summed E-state index contributed by atoms with van der Waals surface area (Å²) >= 11 is 3.87. The second-order valence-electron chi connectivity index (χ2n) is 3.75. The summed E-state index contributed by atoms with van der Waals surface area (Å²) in [6, 6.07) is 0. The van der Waals surface area contributed by atoms with E-state index in [9.17, 15) is 0 Å². The van der Waals surface area contributed by atoms with E-state index in [1.807, 2.05) is 30.6 Å². The summed E-state index contributed by atoms with van der Waals surface area (Å²) in [5.74, 6) is 3.11. The fourth-order valence-corrected chi connectivity index (χ4v) is 2.77. The first-order valence-corrected chi connectivity index (χ1v) is 7.96. The van der Waals surface area contributed by atoms with Crippen LogP contribution < -0.4 is 0 Å². The summed E-state index contributed by atoms with van der Waals surface area (Å²) in [6.07, 6.45) is 1.21. The number of aryl methyl sites for hydroxylation is 1. The molecule has 0 aliphatic heterocycles. The molecule has 0 radical (unpaired) electrons. The van der Waals surface area contributed by atoms with Gasteiger partial charge in [0, 0.05) is 23.8 Å². The van der Waals surface area contributed by atoms with Gasteiger partial charge in [0.15, 0.2) is 0 Å². The summed E-state index contributed by atoms with van der Waals surface area (Å²) in [6.45, 7) is 6.66. The second-order valence-corrected chi connectivity index (χ2v) is 6.45. The van der Waals surface area contributed by atoms with Crippen LogP contribution in [-0.2, 0) is 18.6 Å². The van der Waals surface area contributed by atoms with E-state index in [0.29, 0.717) is 5.25 Å². The maximum Gasteiger partial charge on any atom is 0.0966 e. The summed E-state index contributed by atoms with van der Waals surface area (Å²) < 4.78 is 0. The summed E-state index contributed by atoms with van der Waals surface area (Å²) in [5, 5.41) is 9.57. The van der Waals surface area contributed by atoms with Crippen molar-refractivity contribution in [2.45, 2.75) is 43.9 Å². The molecule has 0 N–H and O–H groups in total. The molecule has 1 atom stereocenters. The average molecular weight is 259 g/mol. The third kappa shape index (κ3) is 4.37. The lowest BCUT2D eigenvalue weighted by Crippen LogP contribution is -1.96. The van der Waals surface area contributed by atoms with Gasteiger partial charge in [-0.1, -0.05) is 20.8 Å². The lowest BCUT2D eigenvalue weighted by molar-refractivity contribution is 0.644. The fraction of sp³-hybridized carbons (Fsp3) is 0.818. The maximum atomic E-state index is 4.44. The molecule has 0 aromatic carbocycles. The quantitative estimate of drug-likeness (QED) is 0.753. The molecule has 0 spiro atoms. The van der Waals surface area contributed by atoms with E-state index < -0.39 is 0 Å². The Morgan fingerprint density at radius 3 is 2.38 bits per heavy atom. The van der Waals surface area contributed by atoms with Crippen molar-refractivity contribution >= 4 is 23.5 Å². The minimum Gasteiger partial charge on any atom is -0.187 e. The van der Waals surface area contributed by atoms with Gasteiger partial charge in [0.05, 0.1) is 11.4 Å². The van der Waals surface area contributed by atoms with E-state index in [2.05, 4.69) is 31.0 Å². The van der Waals surface area contributed by atoms with E-state index >= 15 is 0 Å². The molecular formula is C11H21N3S2. The van der Waals surface area contributed by atoms with Gasteiger partial charge in [-0.25, -0.2) is 0 Å². The molecule has 5 heteroatoms. The van der Waals surface area contributed by atoms with Gasteiger partial charge in [-0.05, 0) is 12.2 Å². The first kappa shape index (κ1) is 13.9. The van der Waals surface area contributed by atoms with Crippen molar-refractivity contribution in [1.29, 1.82) is 0 Å². The number of hydrogen-bond acceptors (Lipinski definition) is 4. The monoisotopic (exact) mass is 259 g/mol. The number of aromatic nitrogens is 3. The van der Waals surface area contributed by atoms with Crippen LogP contribution in [0.25, 0.3) is 0 Å². The Bertz CT molecular complexity index is 312. The summed E-state index contributed by atoms with van der Waals surface area (Å²) in [7, 11) is 1.90. The molecule has 16 heavy (non-hydrogen) atoms. The van der Waals surface area contributed by atoms with Crippen LogP contribution in [-0.4, -0.2) is 26.0 Å². The van der Waals surface area contributed by atoms with Gasteiger partial charge in [0.25, 0.3) is 0 Å². The van der Waals surface area contributed by atoms with Gasteiger partial charge >= 0.3 is 0 Å². The highest BCUT2D eigenvalue weighted by Gasteiger charge is 2.10. The van der Waals surface area contributed by atoms with Crippen molar-refractivity contribution < 1.29 is 0 Å². The first-order valence-electron chi connectivity index (χ1n) is 5.75. The van der Waals surface area contributed by atoms with Crippen molar-refractivity contribution in [2.24, 2.45) is 7.05 Å². The molecule has 1 rings (SSSR count). The van der Waals surface area contributed by atoms with Gasteiger partial charge in [-0.15, -0.1) is 0 Å². The highest BCUT2D eigenvalue weighted by atomic mass is 32.2. The zero-order valence-electron chi connectivity index (χ0n) is 10.6. The lowest BCUT2D eigenvalue weighted by Gasteiger charge is -2.06. The minimum absolute atomic E-state index is 0.702. The third-order valence-electron chi connectivity index (χ3n) is 2.39. The van der Waals surface area contributed by atoms with Crippen LogP contribution in [0.15, 0.2) is 0 Å². The van der Waals surface area contributed by atoms with Crippen LogP contribution in [0.1, 0.15) is 38.6 Å². The van der Waals surface area contributed by atoms with E-state index in [1.165, 1.54) is 6.42 Å². The summed E-state index contributed by atoms with van der Waals surface area (Å²) in [4.78, 5) is 1.69. The largest absolute Gasteiger partial charge is 0.187 e. The van der Waals surface area contributed by atoms with E-state index in [-0.39, 0.29) is 0 Å². The van der Waals surface area contributed by atoms with Crippen molar-refractivity contribution in [3.05, 3.63) is 11.4 Å². The Hall–Kier alpha value is -0.160. The Morgan fingerprint density at radius 1 is 1.19 bits per heavy atom. The molecule has 0 saturated carbocycles. The SMILES string of the molecule is CCSCc1nn(C)nc1CSC(C)CC. The van der Waals surface area contributed by atoms with Crippen LogP contribution in [0.5, 0.6) is 0 Å². The Kier molecular flexibility index (Phi) is 6.28. The van der Waals surface area contributed by atoms with E-state index in [0.717, 1.165) is 28.6 Å². The first-order chi connectivity index (χ1) is 7.67. The van der Waals surface area contributed by atoms with Crippen molar-refractivity contribution in [1.82, 2.24) is 15.0 Å². The number of thioether (sulfide) groups is 2. The van der Waals surface area contributed by atoms with Crippen LogP contribution in [0.3, 0.4) is 0 Å². The average Bonchev–Trinajstić information content (AvgIpc) is 2.63. The topological polar surface area (TPSA) is 30.7 Å². The van der Waals surface area contributed by atoms with Gasteiger partial charge in [-0.2, -0.15) is 38.5 Å². The predicted octanol–water partition coefficient (Wildman–Crippen LogP) is 3.10. The minimum atomic E-state index is 0.702. The molecule has 3 nitrogen and oxygen atoms in total. The molecule has 92 valence electrons. The van der Waals surface area contributed by atoms with Gasteiger partial charge < -0.3 is 0 Å². The molecule has 1 aromatic rings. The highest BCUT2D eigenvalue weighted by Crippen LogP contribution is 2.22.